The SMILES string of the molecule is CC(C)OC[SH](=O)=O. The molecule has 0 fully saturated rings. The highest BCUT2D eigenvalue weighted by Crippen LogP contribution is 1.84. The molecule has 0 radical (unpaired) electrons. The van der Waals surface area contributed by atoms with Gasteiger partial charge in [0.2, 0.25) is 0 Å². The lowest BCUT2D eigenvalue weighted by Gasteiger charge is -2.00. The maximum atomic E-state index is 9.82. The first-order valence-electron chi connectivity index (χ1n) is 2.36. The lowest BCUT2D eigenvalue weighted by molar-refractivity contribution is 0.117. The van der Waals surface area contributed by atoms with Crippen LogP contribution in [0.25, 0.3) is 0 Å². The number of hydrogen-bond donors (Lipinski definition) is 1. The van der Waals surface area contributed by atoms with Gasteiger partial charge in [-0.15, -0.1) is 0 Å². The summed E-state index contributed by atoms with van der Waals surface area (Å²) in [6, 6.07) is 0. The molecule has 4 heteroatoms. The monoisotopic (exact) mass is 138 g/mol. The Kier molecular flexibility index (Phi) is 3.81. The molecule has 0 spiro atoms. The molecule has 0 unspecified atom stereocenters. The average Bonchev–Trinajstić information content (AvgIpc) is 1.61. The van der Waals surface area contributed by atoms with Crippen LogP contribution >= 0.6 is 0 Å². The van der Waals surface area contributed by atoms with Crippen LogP contribution in [0.5, 0.6) is 0 Å². The molecule has 0 rings (SSSR count). The molecule has 0 amide bonds. The van der Waals surface area contributed by atoms with E-state index in [4.69, 9.17) is 4.74 Å². The predicted molar refractivity (Wildman–Crippen MR) is 31.4 cm³/mol. The molecular formula is C4H10O3S. The summed E-state index contributed by atoms with van der Waals surface area (Å²) in [6.45, 7) is 3.58. The highest BCUT2D eigenvalue weighted by molar-refractivity contribution is 7.72. The second-order valence-electron chi connectivity index (χ2n) is 1.68. The third-order valence-electron chi connectivity index (χ3n) is 0.513. The summed E-state index contributed by atoms with van der Waals surface area (Å²) in [5.41, 5.74) is 0. The summed E-state index contributed by atoms with van der Waals surface area (Å²) in [5, 5.41) is 0. The van der Waals surface area contributed by atoms with Gasteiger partial charge in [0, 0.05) is 0 Å². The fraction of sp³-hybridized carbons (Fsp3) is 1.00. The van der Waals surface area contributed by atoms with E-state index in [0.717, 1.165) is 0 Å². The van der Waals surface area contributed by atoms with Crippen molar-refractivity contribution >= 4 is 10.7 Å². The van der Waals surface area contributed by atoms with E-state index < -0.39 is 10.7 Å². The van der Waals surface area contributed by atoms with Crippen LogP contribution in [0.2, 0.25) is 0 Å². The summed E-state index contributed by atoms with van der Waals surface area (Å²) in [5.74, 6) is -0.160. The van der Waals surface area contributed by atoms with Gasteiger partial charge in [-0.05, 0) is 13.8 Å². The van der Waals surface area contributed by atoms with E-state index in [1.54, 1.807) is 13.8 Å². The van der Waals surface area contributed by atoms with Crippen molar-refractivity contribution in [3.8, 4) is 0 Å². The molecule has 0 saturated carbocycles. The molecule has 0 aromatic heterocycles. The molecule has 0 aromatic carbocycles. The van der Waals surface area contributed by atoms with Crippen LogP contribution in [-0.2, 0) is 15.4 Å². The number of ether oxygens (including phenoxy) is 1. The minimum Gasteiger partial charge on any atom is -0.363 e. The van der Waals surface area contributed by atoms with Gasteiger partial charge in [0.1, 0.15) is 5.94 Å². The number of rotatable bonds is 3. The first kappa shape index (κ1) is 7.91. The van der Waals surface area contributed by atoms with Crippen LogP contribution in [0.15, 0.2) is 0 Å². The van der Waals surface area contributed by atoms with Crippen molar-refractivity contribution < 1.29 is 13.2 Å². The Labute approximate surface area is 50.6 Å². The zero-order valence-electron chi connectivity index (χ0n) is 4.96. The predicted octanol–water partition coefficient (Wildman–Crippen LogP) is -0.0197. The zero-order chi connectivity index (χ0) is 6.57. The van der Waals surface area contributed by atoms with Crippen LogP contribution in [0.4, 0.5) is 0 Å². The molecular weight excluding hydrogens is 128 g/mol. The molecule has 8 heavy (non-hydrogen) atoms. The largest absolute Gasteiger partial charge is 0.363 e. The molecule has 0 atom stereocenters. The Hall–Kier alpha value is -0.0900. The molecule has 0 saturated heterocycles. The lowest BCUT2D eigenvalue weighted by atomic mass is 10.5. The fourth-order valence-corrected chi connectivity index (χ4v) is 0.630. The Morgan fingerprint density at radius 2 is 2.00 bits per heavy atom. The summed E-state index contributed by atoms with van der Waals surface area (Å²) >= 11 is 0. The molecule has 0 aliphatic carbocycles. The molecule has 0 N–H and O–H groups in total. The van der Waals surface area contributed by atoms with Crippen LogP contribution in [-0.4, -0.2) is 20.5 Å². The van der Waals surface area contributed by atoms with Crippen molar-refractivity contribution in [2.45, 2.75) is 20.0 Å². The molecule has 0 heterocycles. The molecule has 50 valence electrons. The summed E-state index contributed by atoms with van der Waals surface area (Å²) in [7, 11) is -2.36. The van der Waals surface area contributed by atoms with Gasteiger partial charge in [0.25, 0.3) is 0 Å². The number of thiol groups is 1. The fourth-order valence-electron chi connectivity index (χ4n) is 0.210. The van der Waals surface area contributed by atoms with E-state index in [1.807, 2.05) is 0 Å². The van der Waals surface area contributed by atoms with Crippen molar-refractivity contribution in [2.75, 3.05) is 5.94 Å². The second kappa shape index (κ2) is 3.86. The van der Waals surface area contributed by atoms with Gasteiger partial charge in [-0.3, -0.25) is 0 Å². The van der Waals surface area contributed by atoms with Gasteiger partial charge in [-0.1, -0.05) is 0 Å². The Morgan fingerprint density at radius 3 is 2.12 bits per heavy atom. The van der Waals surface area contributed by atoms with E-state index in [9.17, 15) is 8.42 Å². The third-order valence-corrected chi connectivity index (χ3v) is 0.873. The summed E-state index contributed by atoms with van der Waals surface area (Å²) in [6.07, 6.45) is 0.00269. The van der Waals surface area contributed by atoms with Crippen LogP contribution in [0.1, 0.15) is 13.8 Å². The summed E-state index contributed by atoms with van der Waals surface area (Å²) < 4.78 is 24.3. The standard InChI is InChI=1S/C4H10O3S/c1-4(2)7-3-8(5)6/h4,8H,3H2,1-2H3. The first-order chi connectivity index (χ1) is 3.63. The maximum absolute atomic E-state index is 9.82. The minimum absolute atomic E-state index is 0.00269. The van der Waals surface area contributed by atoms with Crippen molar-refractivity contribution in [2.24, 2.45) is 0 Å². The maximum Gasteiger partial charge on any atom is 0.164 e. The van der Waals surface area contributed by atoms with E-state index >= 15 is 0 Å². The topological polar surface area (TPSA) is 43.4 Å². The lowest BCUT2D eigenvalue weighted by Crippen LogP contribution is -2.04. The second-order valence-corrected chi connectivity index (χ2v) is 2.60. The number of hydrogen-bond acceptors (Lipinski definition) is 3. The molecule has 0 aliphatic rings. The highest BCUT2D eigenvalue weighted by Gasteiger charge is 1.90. The van der Waals surface area contributed by atoms with E-state index in [1.165, 1.54) is 0 Å². The Balaban J connectivity index is 3.18. The van der Waals surface area contributed by atoms with Crippen molar-refractivity contribution in [3.63, 3.8) is 0 Å². The quantitative estimate of drug-likeness (QED) is 0.557. The van der Waals surface area contributed by atoms with E-state index in [2.05, 4.69) is 0 Å². The van der Waals surface area contributed by atoms with Crippen LogP contribution in [0.3, 0.4) is 0 Å². The Morgan fingerprint density at radius 1 is 1.50 bits per heavy atom. The molecule has 0 bridgehead atoms. The normalized spacial score (nSPS) is 11.0. The molecule has 0 aromatic rings. The van der Waals surface area contributed by atoms with Gasteiger partial charge in [0.05, 0.1) is 6.10 Å². The minimum atomic E-state index is -2.36. The van der Waals surface area contributed by atoms with E-state index in [-0.39, 0.29) is 12.0 Å². The first-order valence-corrected chi connectivity index (χ1v) is 3.72. The van der Waals surface area contributed by atoms with Gasteiger partial charge in [-0.25, -0.2) is 8.42 Å². The zero-order valence-corrected chi connectivity index (χ0v) is 5.85. The third kappa shape index (κ3) is 5.91. The highest BCUT2D eigenvalue weighted by atomic mass is 32.2. The molecule has 0 aliphatic heterocycles. The van der Waals surface area contributed by atoms with Crippen LogP contribution in [0, 0.1) is 0 Å². The van der Waals surface area contributed by atoms with Crippen molar-refractivity contribution in [1.29, 1.82) is 0 Å². The van der Waals surface area contributed by atoms with E-state index in [0.29, 0.717) is 0 Å². The molecule has 3 nitrogen and oxygen atoms in total. The van der Waals surface area contributed by atoms with Gasteiger partial charge < -0.3 is 4.74 Å². The average molecular weight is 138 g/mol. The smallest absolute Gasteiger partial charge is 0.164 e. The van der Waals surface area contributed by atoms with Crippen molar-refractivity contribution in [1.82, 2.24) is 0 Å². The van der Waals surface area contributed by atoms with Gasteiger partial charge >= 0.3 is 0 Å². The van der Waals surface area contributed by atoms with Crippen molar-refractivity contribution in [3.05, 3.63) is 0 Å². The summed E-state index contributed by atoms with van der Waals surface area (Å²) in [4.78, 5) is 0. The Bertz CT molecular complexity index is 108. The van der Waals surface area contributed by atoms with Crippen LogP contribution < -0.4 is 0 Å². The van der Waals surface area contributed by atoms with Gasteiger partial charge in [-0.2, -0.15) is 0 Å². The van der Waals surface area contributed by atoms with Gasteiger partial charge in [0.15, 0.2) is 10.7 Å².